The molecule has 0 nitrogen and oxygen atoms in total. The molecule has 0 heteroatoms. The van der Waals surface area contributed by atoms with E-state index in [1.54, 1.807) is 0 Å². The normalized spacial score (nSPS) is 11.6. The predicted octanol–water partition coefficient (Wildman–Crippen LogP) is 5.62. The van der Waals surface area contributed by atoms with Gasteiger partial charge in [-0.15, -0.1) is 0 Å². The Morgan fingerprint density at radius 2 is 1.65 bits per heavy atom. The molecule has 1 aromatic rings. The van der Waals surface area contributed by atoms with Crippen molar-refractivity contribution in [3.63, 3.8) is 0 Å². The van der Waals surface area contributed by atoms with E-state index in [0.29, 0.717) is 0 Å². The quantitative estimate of drug-likeness (QED) is 0.400. The minimum absolute atomic E-state index is 1.21. The molecule has 0 unspecified atom stereocenters. The molecule has 0 N–H and O–H groups in total. The number of allylic oxidation sites excluding steroid dienone is 3. The molecule has 0 amide bonds. The van der Waals surface area contributed by atoms with Crippen molar-refractivity contribution in [1.82, 2.24) is 0 Å². The monoisotopic (exact) mass is 228 g/mol. The van der Waals surface area contributed by atoms with Gasteiger partial charge < -0.3 is 0 Å². The zero-order valence-electron chi connectivity index (χ0n) is 10.9. The van der Waals surface area contributed by atoms with E-state index in [4.69, 9.17) is 0 Å². The fourth-order valence-corrected chi connectivity index (χ4v) is 1.77. The SMILES string of the molecule is CCCCCCC/C=C/C=C/c1ccccc1. The van der Waals surface area contributed by atoms with Crippen LogP contribution in [0.25, 0.3) is 6.08 Å². The molecular formula is C17H24. The van der Waals surface area contributed by atoms with Crippen LogP contribution in [0.2, 0.25) is 0 Å². The minimum Gasteiger partial charge on any atom is -0.0845 e. The van der Waals surface area contributed by atoms with E-state index in [-0.39, 0.29) is 0 Å². The van der Waals surface area contributed by atoms with Crippen molar-refractivity contribution in [2.45, 2.75) is 45.4 Å². The van der Waals surface area contributed by atoms with E-state index in [9.17, 15) is 0 Å². The van der Waals surface area contributed by atoms with Crippen LogP contribution in [0.3, 0.4) is 0 Å². The highest BCUT2D eigenvalue weighted by Crippen LogP contribution is 2.06. The maximum absolute atomic E-state index is 2.27. The second-order valence-corrected chi connectivity index (χ2v) is 4.40. The fraction of sp³-hybridized carbons (Fsp3) is 0.412. The van der Waals surface area contributed by atoms with Crippen LogP contribution >= 0.6 is 0 Å². The number of rotatable bonds is 8. The Balaban J connectivity index is 2.08. The minimum atomic E-state index is 1.21. The van der Waals surface area contributed by atoms with Crippen molar-refractivity contribution in [3.8, 4) is 0 Å². The number of benzene rings is 1. The maximum Gasteiger partial charge on any atom is -0.0257 e. The highest BCUT2D eigenvalue weighted by molar-refractivity contribution is 5.50. The topological polar surface area (TPSA) is 0 Å². The third-order valence-corrected chi connectivity index (χ3v) is 2.81. The summed E-state index contributed by atoms with van der Waals surface area (Å²) in [5, 5.41) is 0. The lowest BCUT2D eigenvalue weighted by atomic mass is 10.1. The van der Waals surface area contributed by atoms with Gasteiger partial charge in [-0.1, -0.05) is 87.2 Å². The zero-order chi connectivity index (χ0) is 12.2. The third-order valence-electron chi connectivity index (χ3n) is 2.81. The molecule has 0 saturated carbocycles. The van der Waals surface area contributed by atoms with E-state index in [1.165, 1.54) is 44.1 Å². The Morgan fingerprint density at radius 1 is 0.882 bits per heavy atom. The molecule has 0 bridgehead atoms. The van der Waals surface area contributed by atoms with Crippen molar-refractivity contribution >= 4 is 6.08 Å². The van der Waals surface area contributed by atoms with Crippen molar-refractivity contribution in [1.29, 1.82) is 0 Å². The Morgan fingerprint density at radius 3 is 2.41 bits per heavy atom. The highest BCUT2D eigenvalue weighted by Gasteiger charge is 1.85. The second kappa shape index (κ2) is 9.89. The zero-order valence-corrected chi connectivity index (χ0v) is 10.9. The predicted molar refractivity (Wildman–Crippen MR) is 78.0 cm³/mol. The van der Waals surface area contributed by atoms with Gasteiger partial charge in [-0.2, -0.15) is 0 Å². The van der Waals surface area contributed by atoms with Crippen molar-refractivity contribution in [3.05, 3.63) is 54.1 Å². The Kier molecular flexibility index (Phi) is 8.01. The first-order valence-corrected chi connectivity index (χ1v) is 6.81. The number of hydrogen-bond acceptors (Lipinski definition) is 0. The van der Waals surface area contributed by atoms with Gasteiger partial charge in [-0.25, -0.2) is 0 Å². The molecular weight excluding hydrogens is 204 g/mol. The largest absolute Gasteiger partial charge is 0.0845 e. The van der Waals surface area contributed by atoms with Crippen LogP contribution in [0.4, 0.5) is 0 Å². The molecule has 0 aliphatic rings. The van der Waals surface area contributed by atoms with E-state index in [1.807, 2.05) is 6.07 Å². The molecule has 0 aromatic heterocycles. The molecule has 0 aliphatic carbocycles. The second-order valence-electron chi connectivity index (χ2n) is 4.40. The molecule has 0 saturated heterocycles. The Hall–Kier alpha value is -1.30. The standard InChI is InChI=1S/C17H24/c1-2-3-4-5-6-7-8-9-11-14-17-15-12-10-13-16-17/h8-16H,2-7H2,1H3/b9-8+,14-11+. The van der Waals surface area contributed by atoms with Gasteiger partial charge >= 0.3 is 0 Å². The summed E-state index contributed by atoms with van der Waals surface area (Å²) in [5.74, 6) is 0. The number of unbranched alkanes of at least 4 members (excludes halogenated alkanes) is 5. The summed E-state index contributed by atoms with van der Waals surface area (Å²) in [6, 6.07) is 10.4. The van der Waals surface area contributed by atoms with Crippen LogP contribution in [0.1, 0.15) is 51.0 Å². The molecule has 0 aliphatic heterocycles. The molecule has 1 rings (SSSR count). The van der Waals surface area contributed by atoms with Crippen LogP contribution in [0.15, 0.2) is 48.6 Å². The molecule has 17 heavy (non-hydrogen) atoms. The highest BCUT2D eigenvalue weighted by atomic mass is 13.9. The van der Waals surface area contributed by atoms with Gasteiger partial charge in [0.15, 0.2) is 0 Å². The lowest BCUT2D eigenvalue weighted by Crippen LogP contribution is -1.75. The average molecular weight is 228 g/mol. The molecule has 0 radical (unpaired) electrons. The van der Waals surface area contributed by atoms with Gasteiger partial charge in [-0.05, 0) is 18.4 Å². The van der Waals surface area contributed by atoms with Crippen LogP contribution in [-0.4, -0.2) is 0 Å². The van der Waals surface area contributed by atoms with Gasteiger partial charge in [0.1, 0.15) is 0 Å². The number of hydrogen-bond donors (Lipinski definition) is 0. The molecule has 0 heterocycles. The van der Waals surface area contributed by atoms with Crippen molar-refractivity contribution in [2.24, 2.45) is 0 Å². The van der Waals surface area contributed by atoms with Gasteiger partial charge in [0.25, 0.3) is 0 Å². The summed E-state index contributed by atoms with van der Waals surface area (Å²) in [6.07, 6.45) is 16.7. The summed E-state index contributed by atoms with van der Waals surface area (Å²) >= 11 is 0. The maximum atomic E-state index is 2.27. The van der Waals surface area contributed by atoms with E-state index >= 15 is 0 Å². The van der Waals surface area contributed by atoms with E-state index in [0.717, 1.165) is 0 Å². The van der Waals surface area contributed by atoms with Crippen LogP contribution in [0.5, 0.6) is 0 Å². The van der Waals surface area contributed by atoms with Gasteiger partial charge in [0.2, 0.25) is 0 Å². The summed E-state index contributed by atoms with van der Waals surface area (Å²) in [4.78, 5) is 0. The van der Waals surface area contributed by atoms with Crippen LogP contribution < -0.4 is 0 Å². The van der Waals surface area contributed by atoms with Crippen molar-refractivity contribution in [2.75, 3.05) is 0 Å². The molecule has 0 fully saturated rings. The van der Waals surface area contributed by atoms with Gasteiger partial charge in [-0.3, -0.25) is 0 Å². The lowest BCUT2D eigenvalue weighted by molar-refractivity contribution is 0.637. The Labute approximate surface area is 106 Å². The summed E-state index contributed by atoms with van der Waals surface area (Å²) in [5.41, 5.74) is 1.26. The fourth-order valence-electron chi connectivity index (χ4n) is 1.77. The van der Waals surface area contributed by atoms with Gasteiger partial charge in [0, 0.05) is 0 Å². The smallest absolute Gasteiger partial charge is 0.0257 e. The molecule has 1 aromatic carbocycles. The first-order chi connectivity index (χ1) is 8.43. The first-order valence-electron chi connectivity index (χ1n) is 6.81. The third kappa shape index (κ3) is 7.57. The van der Waals surface area contributed by atoms with Crippen LogP contribution in [-0.2, 0) is 0 Å². The first kappa shape index (κ1) is 13.8. The summed E-state index contributed by atoms with van der Waals surface area (Å²) in [6.45, 7) is 2.26. The lowest BCUT2D eigenvalue weighted by Gasteiger charge is -1.95. The van der Waals surface area contributed by atoms with Crippen LogP contribution in [0, 0.1) is 0 Å². The summed E-state index contributed by atoms with van der Waals surface area (Å²) < 4.78 is 0. The molecule has 0 atom stereocenters. The molecule has 0 spiro atoms. The summed E-state index contributed by atoms with van der Waals surface area (Å²) in [7, 11) is 0. The Bertz CT molecular complexity index is 319. The van der Waals surface area contributed by atoms with E-state index in [2.05, 4.69) is 55.5 Å². The average Bonchev–Trinajstić information content (AvgIpc) is 2.38. The van der Waals surface area contributed by atoms with Gasteiger partial charge in [0.05, 0.1) is 0 Å². The van der Waals surface area contributed by atoms with E-state index < -0.39 is 0 Å². The molecule has 92 valence electrons. The van der Waals surface area contributed by atoms with Crippen molar-refractivity contribution < 1.29 is 0 Å².